The van der Waals surface area contributed by atoms with E-state index in [1.54, 1.807) is 0 Å². The van der Waals surface area contributed by atoms with Crippen LogP contribution >= 0.6 is 0 Å². The van der Waals surface area contributed by atoms with Gasteiger partial charge in [0.25, 0.3) is 0 Å². The number of likely N-dealkylation sites (tertiary alicyclic amines) is 1. The molecule has 2 aliphatic rings. The SMILES string of the molecule is c1ccc(CCN2C[C@H]3CCCC[C@@H]32)cc1. The molecule has 1 nitrogen and oxygen atoms in total. The smallest absolute Gasteiger partial charge is 0.0136 e. The molecule has 0 bridgehead atoms. The summed E-state index contributed by atoms with van der Waals surface area (Å²) in [5.41, 5.74) is 1.49. The standard InChI is InChI=1S/C15H21N/c1-2-6-13(7-3-1)10-11-16-12-14-8-4-5-9-15(14)16/h1-3,6-7,14-15H,4-5,8-12H2/t14-,15+/m1/s1. The summed E-state index contributed by atoms with van der Waals surface area (Å²) in [5, 5.41) is 0. The minimum atomic E-state index is 0.942. The van der Waals surface area contributed by atoms with E-state index in [0.717, 1.165) is 12.0 Å². The number of hydrogen-bond donors (Lipinski definition) is 0. The van der Waals surface area contributed by atoms with Crippen LogP contribution in [0, 0.1) is 5.92 Å². The Morgan fingerprint density at radius 1 is 1.06 bits per heavy atom. The van der Waals surface area contributed by atoms with E-state index in [0.29, 0.717) is 0 Å². The molecule has 16 heavy (non-hydrogen) atoms. The third kappa shape index (κ3) is 2.01. The van der Waals surface area contributed by atoms with Gasteiger partial charge in [-0.1, -0.05) is 43.2 Å². The van der Waals surface area contributed by atoms with Gasteiger partial charge in [0.1, 0.15) is 0 Å². The lowest BCUT2D eigenvalue weighted by atomic mass is 9.77. The normalized spacial score (nSPS) is 29.5. The van der Waals surface area contributed by atoms with Crippen molar-refractivity contribution in [2.24, 2.45) is 5.92 Å². The van der Waals surface area contributed by atoms with Gasteiger partial charge in [0.15, 0.2) is 0 Å². The van der Waals surface area contributed by atoms with E-state index in [1.807, 2.05) is 0 Å². The molecule has 1 saturated heterocycles. The minimum Gasteiger partial charge on any atom is -0.299 e. The first kappa shape index (κ1) is 10.3. The summed E-state index contributed by atoms with van der Waals surface area (Å²) in [6.07, 6.45) is 7.12. The van der Waals surface area contributed by atoms with Crippen LogP contribution in [0.3, 0.4) is 0 Å². The zero-order chi connectivity index (χ0) is 10.8. The first-order valence-electron chi connectivity index (χ1n) is 6.71. The van der Waals surface area contributed by atoms with Crippen LogP contribution in [0.2, 0.25) is 0 Å². The highest BCUT2D eigenvalue weighted by atomic mass is 15.2. The van der Waals surface area contributed by atoms with Gasteiger partial charge in [-0.05, 0) is 30.7 Å². The predicted octanol–water partition coefficient (Wildman–Crippen LogP) is 3.10. The highest BCUT2D eigenvalue weighted by molar-refractivity contribution is 5.15. The van der Waals surface area contributed by atoms with Gasteiger partial charge in [0, 0.05) is 19.1 Å². The Balaban J connectivity index is 1.50. The van der Waals surface area contributed by atoms with Crippen molar-refractivity contribution in [1.29, 1.82) is 0 Å². The van der Waals surface area contributed by atoms with Crippen molar-refractivity contribution in [1.82, 2.24) is 4.90 Å². The lowest BCUT2D eigenvalue weighted by molar-refractivity contribution is -0.0129. The maximum atomic E-state index is 2.71. The summed E-state index contributed by atoms with van der Waals surface area (Å²) in [6.45, 7) is 2.64. The van der Waals surface area contributed by atoms with Crippen LogP contribution in [0.4, 0.5) is 0 Å². The topological polar surface area (TPSA) is 3.24 Å². The second-order valence-electron chi connectivity index (χ2n) is 5.34. The van der Waals surface area contributed by atoms with E-state index >= 15 is 0 Å². The fourth-order valence-electron chi connectivity index (χ4n) is 3.35. The van der Waals surface area contributed by atoms with Crippen molar-refractivity contribution in [3.05, 3.63) is 35.9 Å². The maximum absolute atomic E-state index is 2.71. The van der Waals surface area contributed by atoms with E-state index in [1.165, 1.54) is 50.8 Å². The minimum absolute atomic E-state index is 0.942. The lowest BCUT2D eigenvalue weighted by Crippen LogP contribution is -2.57. The quantitative estimate of drug-likeness (QED) is 0.749. The summed E-state index contributed by atoms with van der Waals surface area (Å²) in [5.74, 6) is 1.05. The third-order valence-electron chi connectivity index (χ3n) is 4.34. The van der Waals surface area contributed by atoms with E-state index in [4.69, 9.17) is 0 Å². The third-order valence-corrected chi connectivity index (χ3v) is 4.34. The fourth-order valence-corrected chi connectivity index (χ4v) is 3.35. The van der Waals surface area contributed by atoms with Crippen LogP contribution in [0.25, 0.3) is 0 Å². The van der Waals surface area contributed by atoms with Crippen LogP contribution in [0.1, 0.15) is 31.2 Å². The average Bonchev–Trinajstić information content (AvgIpc) is 2.32. The summed E-state index contributed by atoms with van der Waals surface area (Å²) in [7, 11) is 0. The molecule has 1 heterocycles. The first-order valence-corrected chi connectivity index (χ1v) is 6.71. The molecule has 0 aromatic heterocycles. The second-order valence-corrected chi connectivity index (χ2v) is 5.34. The molecule has 0 N–H and O–H groups in total. The summed E-state index contributed by atoms with van der Waals surface area (Å²) >= 11 is 0. The van der Waals surface area contributed by atoms with Gasteiger partial charge >= 0.3 is 0 Å². The molecule has 3 rings (SSSR count). The van der Waals surface area contributed by atoms with Crippen LogP contribution in [-0.4, -0.2) is 24.0 Å². The highest BCUT2D eigenvalue weighted by Crippen LogP contribution is 2.36. The zero-order valence-electron chi connectivity index (χ0n) is 9.94. The Morgan fingerprint density at radius 2 is 1.88 bits per heavy atom. The molecule has 1 saturated carbocycles. The average molecular weight is 215 g/mol. The van der Waals surface area contributed by atoms with Crippen molar-refractivity contribution in [3.63, 3.8) is 0 Å². The van der Waals surface area contributed by atoms with E-state index in [9.17, 15) is 0 Å². The Labute approximate surface area is 98.5 Å². The highest BCUT2D eigenvalue weighted by Gasteiger charge is 2.39. The molecule has 0 unspecified atom stereocenters. The molecule has 1 aromatic carbocycles. The van der Waals surface area contributed by atoms with E-state index < -0.39 is 0 Å². The van der Waals surface area contributed by atoms with Crippen molar-refractivity contribution >= 4 is 0 Å². The summed E-state index contributed by atoms with van der Waals surface area (Å²) in [6, 6.07) is 11.8. The second kappa shape index (κ2) is 4.58. The van der Waals surface area contributed by atoms with Gasteiger partial charge in [0.2, 0.25) is 0 Å². The van der Waals surface area contributed by atoms with E-state index in [-0.39, 0.29) is 0 Å². The Bertz CT molecular complexity index is 333. The molecule has 1 aliphatic heterocycles. The molecule has 1 aromatic rings. The number of hydrogen-bond acceptors (Lipinski definition) is 1. The molecule has 2 fully saturated rings. The van der Waals surface area contributed by atoms with Crippen LogP contribution in [-0.2, 0) is 6.42 Å². The Hall–Kier alpha value is -0.820. The molecule has 1 heteroatoms. The monoisotopic (exact) mass is 215 g/mol. The number of fused-ring (bicyclic) bond motifs is 1. The van der Waals surface area contributed by atoms with Crippen LogP contribution in [0.15, 0.2) is 30.3 Å². The summed E-state index contributed by atoms with van der Waals surface area (Å²) < 4.78 is 0. The largest absolute Gasteiger partial charge is 0.299 e. The number of nitrogens with zero attached hydrogens (tertiary/aromatic N) is 1. The molecular weight excluding hydrogens is 194 g/mol. The number of benzene rings is 1. The van der Waals surface area contributed by atoms with Gasteiger partial charge in [-0.2, -0.15) is 0 Å². The maximum Gasteiger partial charge on any atom is 0.0136 e. The van der Waals surface area contributed by atoms with Crippen LogP contribution in [0.5, 0.6) is 0 Å². The van der Waals surface area contributed by atoms with Crippen molar-refractivity contribution in [2.75, 3.05) is 13.1 Å². The van der Waals surface area contributed by atoms with Crippen molar-refractivity contribution in [2.45, 2.75) is 38.1 Å². The fraction of sp³-hybridized carbons (Fsp3) is 0.600. The molecule has 1 aliphatic carbocycles. The lowest BCUT2D eigenvalue weighted by Gasteiger charge is -2.51. The zero-order valence-corrected chi connectivity index (χ0v) is 9.94. The van der Waals surface area contributed by atoms with Crippen LogP contribution < -0.4 is 0 Å². The first-order chi connectivity index (χ1) is 7.93. The molecular formula is C15H21N. The Kier molecular flexibility index (Phi) is 2.96. The van der Waals surface area contributed by atoms with Gasteiger partial charge in [0.05, 0.1) is 0 Å². The Morgan fingerprint density at radius 3 is 2.69 bits per heavy atom. The van der Waals surface area contributed by atoms with Gasteiger partial charge in [-0.15, -0.1) is 0 Å². The van der Waals surface area contributed by atoms with Gasteiger partial charge in [-0.25, -0.2) is 0 Å². The van der Waals surface area contributed by atoms with Gasteiger partial charge in [-0.3, -0.25) is 4.90 Å². The van der Waals surface area contributed by atoms with E-state index in [2.05, 4.69) is 35.2 Å². The van der Waals surface area contributed by atoms with Crippen molar-refractivity contribution in [3.8, 4) is 0 Å². The molecule has 0 radical (unpaired) electrons. The van der Waals surface area contributed by atoms with Crippen molar-refractivity contribution < 1.29 is 0 Å². The molecule has 86 valence electrons. The summed E-state index contributed by atoms with van der Waals surface area (Å²) in [4.78, 5) is 2.71. The number of rotatable bonds is 3. The molecule has 0 amide bonds. The predicted molar refractivity (Wildman–Crippen MR) is 67.5 cm³/mol. The van der Waals surface area contributed by atoms with Gasteiger partial charge < -0.3 is 0 Å². The molecule has 2 atom stereocenters. The molecule has 0 spiro atoms.